The Hall–Kier alpha value is -2.39. The minimum atomic E-state index is -0.913. The lowest BCUT2D eigenvalue weighted by Gasteiger charge is -2.25. The van der Waals surface area contributed by atoms with Crippen LogP contribution in [-0.4, -0.2) is 58.2 Å². The Bertz CT molecular complexity index is 1400. The van der Waals surface area contributed by atoms with Crippen molar-refractivity contribution in [3.05, 3.63) is 65.5 Å². The van der Waals surface area contributed by atoms with Crippen molar-refractivity contribution in [2.24, 2.45) is 0 Å². The summed E-state index contributed by atoms with van der Waals surface area (Å²) >= 11 is 1.84. The number of hydrogen-bond acceptors (Lipinski definition) is 6. The summed E-state index contributed by atoms with van der Waals surface area (Å²) in [5, 5.41) is 37.9. The highest BCUT2D eigenvalue weighted by Gasteiger charge is 2.48. The van der Waals surface area contributed by atoms with E-state index in [1.165, 1.54) is 16.8 Å². The summed E-state index contributed by atoms with van der Waals surface area (Å²) in [5.74, 6) is 0. The highest BCUT2D eigenvalue weighted by atomic mass is 32.2. The number of hydrogen-bond donors (Lipinski definition) is 5. The van der Waals surface area contributed by atoms with Crippen molar-refractivity contribution in [2.45, 2.75) is 68.4 Å². The molecule has 0 amide bonds. The maximum absolute atomic E-state index is 10.2. The molecule has 0 saturated heterocycles. The lowest BCUT2D eigenvalue weighted by molar-refractivity contribution is 0.0802. The van der Waals surface area contributed by atoms with Crippen LogP contribution in [0.3, 0.4) is 0 Å². The van der Waals surface area contributed by atoms with E-state index in [9.17, 15) is 15.3 Å². The minimum absolute atomic E-state index is 0.0316. The van der Waals surface area contributed by atoms with Crippen molar-refractivity contribution < 1.29 is 15.3 Å². The van der Waals surface area contributed by atoms with Gasteiger partial charge in [-0.15, -0.1) is 11.8 Å². The zero-order chi connectivity index (χ0) is 27.5. The first-order valence-corrected chi connectivity index (χ1v) is 14.4. The molecule has 5 rings (SSSR count). The molecule has 2 aromatic carbocycles. The number of allylic oxidation sites excluding steroid dienone is 1. The Labute approximate surface area is 230 Å². The standard InChI is InChI=1S/C30H38BN3O3S/c1-18(30(8-9-30)21-6-7-24-20(10-21)14-29(4,33-24)38-5)32-25-11-19-12-27(28(2,3)17-36)34(15-22(37)16-35)26(19)13-23(25)31/h6-7,10-13,22,32-33,35-37H,1,8-9,14-17H2,2-5H3. The smallest absolute Gasteiger partial charge is 0.116 e. The van der Waals surface area contributed by atoms with Crippen LogP contribution < -0.4 is 16.1 Å². The Kier molecular flexibility index (Phi) is 6.92. The van der Waals surface area contributed by atoms with E-state index in [4.69, 9.17) is 7.85 Å². The predicted octanol–water partition coefficient (Wildman–Crippen LogP) is 3.76. The molecule has 2 unspecified atom stereocenters. The molecule has 38 heavy (non-hydrogen) atoms. The number of fused-ring (bicyclic) bond motifs is 2. The van der Waals surface area contributed by atoms with Crippen LogP contribution in [0.15, 0.2) is 48.7 Å². The minimum Gasteiger partial charge on any atom is -0.395 e. The molecule has 1 aliphatic carbocycles. The van der Waals surface area contributed by atoms with E-state index in [0.29, 0.717) is 5.46 Å². The second-order valence-corrected chi connectivity index (χ2v) is 13.1. The van der Waals surface area contributed by atoms with Gasteiger partial charge in [0, 0.05) is 50.9 Å². The number of aliphatic hydroxyl groups is 3. The normalized spacial score (nSPS) is 20.7. The summed E-state index contributed by atoms with van der Waals surface area (Å²) in [7, 11) is 6.55. The fourth-order valence-corrected chi connectivity index (χ4v) is 6.20. The summed E-state index contributed by atoms with van der Waals surface area (Å²) in [6, 6.07) is 12.7. The SMILES string of the molecule is [B]c1cc2c(cc1NC(=C)C1(c3ccc4c(c3)CC(C)(SC)N4)CC1)cc(C(C)(C)CO)n2CC(O)CO. The van der Waals surface area contributed by atoms with Gasteiger partial charge in [0.25, 0.3) is 0 Å². The first kappa shape index (κ1) is 27.2. The third-order valence-corrected chi connectivity index (χ3v) is 9.56. The van der Waals surface area contributed by atoms with E-state index < -0.39 is 11.5 Å². The van der Waals surface area contributed by atoms with Crippen LogP contribution in [0.25, 0.3) is 10.9 Å². The molecule has 1 aliphatic heterocycles. The molecule has 1 aromatic heterocycles. The van der Waals surface area contributed by atoms with Gasteiger partial charge in [0.05, 0.1) is 30.7 Å². The number of anilines is 2. The molecule has 8 heteroatoms. The summed E-state index contributed by atoms with van der Waals surface area (Å²) in [5.41, 5.74) is 7.24. The number of nitrogens with one attached hydrogen (secondary N) is 2. The molecule has 2 radical (unpaired) electrons. The number of aliphatic hydroxyl groups excluding tert-OH is 3. The number of benzene rings is 2. The van der Waals surface area contributed by atoms with E-state index in [2.05, 4.69) is 48.6 Å². The fraction of sp³-hybridized carbons (Fsp3) is 0.467. The zero-order valence-electron chi connectivity index (χ0n) is 22.8. The lowest BCUT2D eigenvalue weighted by atomic mass is 9.88. The van der Waals surface area contributed by atoms with Gasteiger partial charge in [0.1, 0.15) is 7.85 Å². The average molecular weight is 532 g/mol. The van der Waals surface area contributed by atoms with Gasteiger partial charge >= 0.3 is 0 Å². The highest BCUT2D eigenvalue weighted by molar-refractivity contribution is 8.00. The van der Waals surface area contributed by atoms with Crippen molar-refractivity contribution in [1.29, 1.82) is 0 Å². The van der Waals surface area contributed by atoms with Crippen LogP contribution in [-0.2, 0) is 23.8 Å². The quantitative estimate of drug-likeness (QED) is 0.256. The van der Waals surface area contributed by atoms with Crippen molar-refractivity contribution in [3.63, 3.8) is 0 Å². The number of rotatable bonds is 10. The second-order valence-electron chi connectivity index (χ2n) is 11.8. The number of nitrogens with zero attached hydrogens (tertiary/aromatic N) is 1. The van der Waals surface area contributed by atoms with Gasteiger partial charge in [0.15, 0.2) is 0 Å². The highest BCUT2D eigenvalue weighted by Crippen LogP contribution is 2.54. The summed E-state index contributed by atoms with van der Waals surface area (Å²) in [6.45, 7) is 10.4. The molecular formula is C30H38BN3O3S. The van der Waals surface area contributed by atoms with E-state index in [-0.39, 0.29) is 30.0 Å². The van der Waals surface area contributed by atoms with Gasteiger partial charge in [-0.2, -0.15) is 0 Å². The molecule has 2 atom stereocenters. The van der Waals surface area contributed by atoms with Gasteiger partial charge in [-0.3, -0.25) is 0 Å². The summed E-state index contributed by atoms with van der Waals surface area (Å²) < 4.78 is 1.95. The van der Waals surface area contributed by atoms with Gasteiger partial charge in [-0.1, -0.05) is 38.0 Å². The summed E-state index contributed by atoms with van der Waals surface area (Å²) in [6.07, 6.45) is 4.30. The van der Waals surface area contributed by atoms with E-state index in [1.54, 1.807) is 0 Å². The van der Waals surface area contributed by atoms with Gasteiger partial charge in [-0.25, -0.2) is 0 Å². The maximum Gasteiger partial charge on any atom is 0.116 e. The van der Waals surface area contributed by atoms with E-state index in [1.807, 2.05) is 48.4 Å². The Balaban J connectivity index is 1.45. The van der Waals surface area contributed by atoms with E-state index in [0.717, 1.165) is 47.2 Å². The summed E-state index contributed by atoms with van der Waals surface area (Å²) in [4.78, 5) is 0.0316. The number of thioether (sulfide) groups is 1. The first-order valence-electron chi connectivity index (χ1n) is 13.2. The Morgan fingerprint density at radius 1 is 1.24 bits per heavy atom. The van der Waals surface area contributed by atoms with Crippen LogP contribution in [0.5, 0.6) is 0 Å². The third-order valence-electron chi connectivity index (χ3n) is 8.41. The van der Waals surface area contributed by atoms with Gasteiger partial charge in [-0.05, 0) is 61.4 Å². The molecular weight excluding hydrogens is 493 g/mol. The van der Waals surface area contributed by atoms with Crippen LogP contribution in [0.1, 0.15) is 50.4 Å². The molecule has 6 nitrogen and oxygen atoms in total. The molecule has 1 saturated carbocycles. The van der Waals surface area contributed by atoms with Gasteiger partial charge in [0.2, 0.25) is 0 Å². The first-order chi connectivity index (χ1) is 17.9. The number of aromatic nitrogens is 1. The molecule has 2 aliphatic rings. The monoisotopic (exact) mass is 531 g/mol. The fourth-order valence-electron chi connectivity index (χ4n) is 5.69. The second kappa shape index (κ2) is 9.67. The molecule has 0 spiro atoms. The van der Waals surface area contributed by atoms with Gasteiger partial charge < -0.3 is 30.5 Å². The Morgan fingerprint density at radius 3 is 2.61 bits per heavy atom. The Morgan fingerprint density at radius 2 is 1.97 bits per heavy atom. The third kappa shape index (κ3) is 4.66. The van der Waals surface area contributed by atoms with E-state index >= 15 is 0 Å². The largest absolute Gasteiger partial charge is 0.395 e. The van der Waals surface area contributed by atoms with Crippen LogP contribution in [0.4, 0.5) is 11.4 Å². The molecule has 2 heterocycles. The van der Waals surface area contributed by atoms with Crippen molar-refractivity contribution >= 4 is 47.3 Å². The molecule has 200 valence electrons. The van der Waals surface area contributed by atoms with Crippen molar-refractivity contribution in [2.75, 3.05) is 30.1 Å². The van der Waals surface area contributed by atoms with Crippen molar-refractivity contribution in [3.8, 4) is 0 Å². The zero-order valence-corrected chi connectivity index (χ0v) is 23.6. The molecule has 5 N–H and O–H groups in total. The molecule has 1 fully saturated rings. The average Bonchev–Trinajstić information content (AvgIpc) is 3.54. The maximum atomic E-state index is 10.2. The van der Waals surface area contributed by atoms with Crippen LogP contribution in [0, 0.1) is 0 Å². The van der Waals surface area contributed by atoms with Crippen molar-refractivity contribution in [1.82, 2.24) is 4.57 Å². The lowest BCUT2D eigenvalue weighted by Crippen LogP contribution is -2.29. The molecule has 0 bridgehead atoms. The van der Waals surface area contributed by atoms with Crippen LogP contribution in [0.2, 0.25) is 0 Å². The predicted molar refractivity (Wildman–Crippen MR) is 160 cm³/mol. The topological polar surface area (TPSA) is 89.7 Å². The van der Waals surface area contributed by atoms with Crippen LogP contribution >= 0.6 is 11.8 Å². The molecule has 3 aromatic rings.